The summed E-state index contributed by atoms with van der Waals surface area (Å²) in [5.74, 6) is -0.454. The first-order valence-electron chi connectivity index (χ1n) is 10.4. The van der Waals surface area contributed by atoms with Gasteiger partial charge in [-0.05, 0) is 43.5 Å². The number of benzene rings is 1. The van der Waals surface area contributed by atoms with Crippen molar-refractivity contribution in [2.24, 2.45) is 5.92 Å². The van der Waals surface area contributed by atoms with Crippen molar-refractivity contribution in [1.29, 1.82) is 0 Å². The van der Waals surface area contributed by atoms with Gasteiger partial charge in [0.2, 0.25) is 15.9 Å². The number of piperidine rings is 1. The van der Waals surface area contributed by atoms with Gasteiger partial charge in [-0.3, -0.25) is 9.59 Å². The highest BCUT2D eigenvalue weighted by atomic mass is 32.2. The summed E-state index contributed by atoms with van der Waals surface area (Å²) in [6.07, 6.45) is 1.60. The Labute approximate surface area is 183 Å². The molecule has 9 nitrogen and oxygen atoms in total. The Morgan fingerprint density at radius 1 is 1.03 bits per heavy atom. The molecule has 3 rings (SSSR count). The Kier molecular flexibility index (Phi) is 7.07. The number of sulfone groups is 1. The van der Waals surface area contributed by atoms with Crippen molar-refractivity contribution in [2.75, 3.05) is 24.6 Å². The fraction of sp³-hybridized carbons (Fsp3) is 0.600. The van der Waals surface area contributed by atoms with Gasteiger partial charge in [0.25, 0.3) is 5.91 Å². The van der Waals surface area contributed by atoms with Crippen molar-refractivity contribution in [3.63, 3.8) is 0 Å². The number of hydrogen-bond donors (Lipinski definition) is 2. The molecule has 172 valence electrons. The van der Waals surface area contributed by atoms with E-state index >= 15 is 0 Å². The summed E-state index contributed by atoms with van der Waals surface area (Å²) in [4.78, 5) is 26.4. The Balaban J connectivity index is 1.55. The van der Waals surface area contributed by atoms with E-state index in [1.807, 2.05) is 18.7 Å². The number of amides is 2. The van der Waals surface area contributed by atoms with E-state index in [2.05, 4.69) is 10.0 Å². The first kappa shape index (κ1) is 23.7. The van der Waals surface area contributed by atoms with Crippen LogP contribution in [0.1, 0.15) is 43.5 Å². The highest BCUT2D eigenvalue weighted by Gasteiger charge is 2.31. The molecule has 0 aliphatic carbocycles. The largest absolute Gasteiger partial charge is 0.349 e. The minimum Gasteiger partial charge on any atom is -0.349 e. The van der Waals surface area contributed by atoms with E-state index in [1.54, 1.807) is 0 Å². The van der Waals surface area contributed by atoms with Gasteiger partial charge in [-0.1, -0.05) is 13.8 Å². The Morgan fingerprint density at radius 2 is 1.65 bits per heavy atom. The lowest BCUT2D eigenvalue weighted by molar-refractivity contribution is -0.135. The van der Waals surface area contributed by atoms with Crippen LogP contribution in [0, 0.1) is 5.92 Å². The van der Waals surface area contributed by atoms with Crippen molar-refractivity contribution in [3.05, 3.63) is 29.8 Å². The van der Waals surface area contributed by atoms with Crippen molar-refractivity contribution >= 4 is 31.7 Å². The third-order valence-electron chi connectivity index (χ3n) is 5.62. The maximum atomic E-state index is 12.5. The van der Waals surface area contributed by atoms with E-state index < -0.39 is 25.9 Å². The first-order valence-corrected chi connectivity index (χ1v) is 13.7. The lowest BCUT2D eigenvalue weighted by Crippen LogP contribution is -2.47. The molecule has 2 aliphatic heterocycles. The van der Waals surface area contributed by atoms with Crippen molar-refractivity contribution in [2.45, 2.75) is 50.1 Å². The molecule has 1 aromatic rings. The number of nitrogens with one attached hydrogen (secondary N) is 2. The molecule has 2 fully saturated rings. The normalized spacial score (nSPS) is 21.9. The number of nitrogens with zero attached hydrogens (tertiary/aromatic N) is 1. The van der Waals surface area contributed by atoms with Gasteiger partial charge < -0.3 is 10.2 Å². The average molecular weight is 472 g/mol. The molecule has 0 aromatic heterocycles. The summed E-state index contributed by atoms with van der Waals surface area (Å²) >= 11 is 0. The van der Waals surface area contributed by atoms with E-state index in [4.69, 9.17) is 0 Å². The molecule has 1 atom stereocenters. The molecule has 11 heteroatoms. The molecule has 0 radical (unpaired) electrons. The predicted octanol–water partition coefficient (Wildman–Crippen LogP) is 0.529. The van der Waals surface area contributed by atoms with Crippen LogP contribution in [-0.2, 0) is 24.7 Å². The second kappa shape index (κ2) is 9.25. The smallest absolute Gasteiger partial charge is 0.251 e. The van der Waals surface area contributed by atoms with Gasteiger partial charge in [-0.15, -0.1) is 0 Å². The zero-order valence-electron chi connectivity index (χ0n) is 17.7. The topological polar surface area (TPSA) is 130 Å². The van der Waals surface area contributed by atoms with Crippen LogP contribution in [0.5, 0.6) is 0 Å². The summed E-state index contributed by atoms with van der Waals surface area (Å²) in [5, 5.41) is 2.94. The molecule has 2 saturated heterocycles. The molecular formula is C20H29N3O6S2. The number of carbonyl (C=O) groups excluding carboxylic acids is 2. The van der Waals surface area contributed by atoms with E-state index in [1.165, 1.54) is 24.3 Å². The number of carbonyl (C=O) groups is 2. The van der Waals surface area contributed by atoms with Crippen LogP contribution in [0.15, 0.2) is 29.2 Å². The summed E-state index contributed by atoms with van der Waals surface area (Å²) in [5.41, 5.74) is 0.336. The summed E-state index contributed by atoms with van der Waals surface area (Å²) in [7, 11) is -7.06. The first-order chi connectivity index (χ1) is 14.5. The second-order valence-corrected chi connectivity index (χ2v) is 12.4. The lowest BCUT2D eigenvalue weighted by Gasteiger charge is -2.33. The van der Waals surface area contributed by atoms with Gasteiger partial charge in [0.1, 0.15) is 0 Å². The van der Waals surface area contributed by atoms with E-state index in [-0.39, 0.29) is 46.6 Å². The zero-order valence-corrected chi connectivity index (χ0v) is 19.3. The van der Waals surface area contributed by atoms with Crippen LogP contribution < -0.4 is 10.0 Å². The lowest BCUT2D eigenvalue weighted by atomic mass is 10.0. The SMILES string of the molecule is CC(C)C(=O)N1CCC(NC(=O)c2ccc(S(=O)(=O)NC3CCS(=O)(=O)C3)cc2)CC1. The number of likely N-dealkylation sites (tertiary alicyclic amines) is 1. The average Bonchev–Trinajstić information content (AvgIpc) is 3.05. The van der Waals surface area contributed by atoms with E-state index in [0.29, 0.717) is 31.5 Å². The molecule has 0 spiro atoms. The van der Waals surface area contributed by atoms with Crippen LogP contribution in [-0.4, -0.2) is 70.2 Å². The fourth-order valence-electron chi connectivity index (χ4n) is 3.84. The van der Waals surface area contributed by atoms with Gasteiger partial charge in [0.05, 0.1) is 16.4 Å². The third kappa shape index (κ3) is 6.05. The minimum absolute atomic E-state index is 0.0196. The van der Waals surface area contributed by atoms with Crippen LogP contribution >= 0.6 is 0 Å². The monoisotopic (exact) mass is 471 g/mol. The minimum atomic E-state index is -3.87. The van der Waals surface area contributed by atoms with E-state index in [0.717, 1.165) is 0 Å². The highest BCUT2D eigenvalue weighted by Crippen LogP contribution is 2.17. The molecule has 2 aliphatic rings. The van der Waals surface area contributed by atoms with Crippen molar-refractivity contribution in [3.8, 4) is 0 Å². The van der Waals surface area contributed by atoms with Gasteiger partial charge in [-0.25, -0.2) is 21.6 Å². The fourth-order valence-corrected chi connectivity index (χ4v) is 6.89. The van der Waals surface area contributed by atoms with Gasteiger partial charge in [0, 0.05) is 36.7 Å². The van der Waals surface area contributed by atoms with Crippen molar-refractivity contribution < 1.29 is 26.4 Å². The quantitative estimate of drug-likeness (QED) is 0.623. The molecule has 2 N–H and O–H groups in total. The van der Waals surface area contributed by atoms with E-state index in [9.17, 15) is 26.4 Å². The number of rotatable bonds is 6. The summed E-state index contributed by atoms with van der Waals surface area (Å²) in [6, 6.07) is 4.87. The molecule has 2 amide bonds. The highest BCUT2D eigenvalue weighted by molar-refractivity contribution is 7.92. The zero-order chi connectivity index (χ0) is 22.8. The molecule has 1 unspecified atom stereocenters. The molecule has 2 heterocycles. The van der Waals surface area contributed by atoms with Crippen LogP contribution in [0.3, 0.4) is 0 Å². The maximum Gasteiger partial charge on any atom is 0.251 e. The molecule has 0 saturated carbocycles. The second-order valence-electron chi connectivity index (χ2n) is 8.47. The van der Waals surface area contributed by atoms with Crippen LogP contribution in [0.25, 0.3) is 0 Å². The summed E-state index contributed by atoms with van der Waals surface area (Å²) < 4.78 is 50.5. The summed E-state index contributed by atoms with van der Waals surface area (Å²) in [6.45, 7) is 4.93. The number of sulfonamides is 1. The Hall–Kier alpha value is -1.98. The van der Waals surface area contributed by atoms with Gasteiger partial charge >= 0.3 is 0 Å². The number of hydrogen-bond acceptors (Lipinski definition) is 6. The van der Waals surface area contributed by atoms with Crippen LogP contribution in [0.2, 0.25) is 0 Å². The van der Waals surface area contributed by atoms with Crippen molar-refractivity contribution in [1.82, 2.24) is 14.9 Å². The predicted molar refractivity (Wildman–Crippen MR) is 116 cm³/mol. The molecule has 0 bridgehead atoms. The van der Waals surface area contributed by atoms with Gasteiger partial charge in [0.15, 0.2) is 9.84 Å². The Bertz CT molecular complexity index is 1030. The van der Waals surface area contributed by atoms with Gasteiger partial charge in [-0.2, -0.15) is 0 Å². The standard InChI is InChI=1S/C20H29N3O6S2/c1-14(2)20(25)23-10-7-16(8-11-23)21-19(24)15-3-5-18(6-4-15)31(28,29)22-17-9-12-30(26,27)13-17/h3-6,14,16-17,22H,7-13H2,1-2H3,(H,21,24). The third-order valence-corrected chi connectivity index (χ3v) is 8.92. The maximum absolute atomic E-state index is 12.5. The molecular weight excluding hydrogens is 442 g/mol. The molecule has 31 heavy (non-hydrogen) atoms. The molecule has 1 aromatic carbocycles. The Morgan fingerprint density at radius 3 is 2.16 bits per heavy atom. The van der Waals surface area contributed by atoms with Crippen LogP contribution in [0.4, 0.5) is 0 Å².